The van der Waals surface area contributed by atoms with Crippen molar-refractivity contribution in [3.8, 4) is 0 Å². The van der Waals surface area contributed by atoms with Crippen LogP contribution in [-0.4, -0.2) is 36.6 Å². The molecule has 5 rings (SSSR count). The Kier molecular flexibility index (Phi) is 6.85. The van der Waals surface area contributed by atoms with Gasteiger partial charge < -0.3 is 16.0 Å². The summed E-state index contributed by atoms with van der Waals surface area (Å²) in [6, 6.07) is 12.2. The van der Waals surface area contributed by atoms with Crippen molar-refractivity contribution >= 4 is 21.8 Å². The fourth-order valence-electron chi connectivity index (χ4n) is 4.88. The predicted molar refractivity (Wildman–Crippen MR) is 136 cm³/mol. The number of benzene rings is 2. The summed E-state index contributed by atoms with van der Waals surface area (Å²) in [7, 11) is -4.00. The van der Waals surface area contributed by atoms with E-state index in [0.717, 1.165) is 41.2 Å². The number of amides is 2. The first-order valence-corrected chi connectivity index (χ1v) is 14.0. The number of sulfonamides is 1. The highest BCUT2D eigenvalue weighted by Gasteiger charge is 2.37. The van der Waals surface area contributed by atoms with Gasteiger partial charge >= 0.3 is 0 Å². The molecule has 0 radical (unpaired) electrons. The Labute approximate surface area is 212 Å². The molecule has 36 heavy (non-hydrogen) atoms. The summed E-state index contributed by atoms with van der Waals surface area (Å²) in [5.41, 5.74) is 4.51. The third-order valence-corrected chi connectivity index (χ3v) is 8.86. The summed E-state index contributed by atoms with van der Waals surface area (Å²) in [6.07, 6.45) is 7.55. The quantitative estimate of drug-likeness (QED) is 0.508. The molecular weight excluding hydrogens is 476 g/mol. The Morgan fingerprint density at radius 1 is 1.11 bits per heavy atom. The second-order valence-electron chi connectivity index (χ2n) is 9.89. The molecule has 3 aliphatic rings. The highest BCUT2D eigenvalue weighted by molar-refractivity contribution is 7.89. The lowest BCUT2D eigenvalue weighted by Gasteiger charge is -2.32. The van der Waals surface area contributed by atoms with E-state index in [9.17, 15) is 18.0 Å². The van der Waals surface area contributed by atoms with Crippen LogP contribution in [-0.2, 0) is 32.6 Å². The topological polar surface area (TPSA) is 108 Å². The minimum absolute atomic E-state index is 0.0750. The van der Waals surface area contributed by atoms with Crippen molar-refractivity contribution in [2.45, 2.75) is 75.0 Å². The predicted octanol–water partition coefficient (Wildman–Crippen LogP) is 2.79. The van der Waals surface area contributed by atoms with Gasteiger partial charge in [0.15, 0.2) is 0 Å². The molecule has 0 bridgehead atoms. The number of carbonyl (C=O) groups excluding carboxylic acids is 2. The summed E-state index contributed by atoms with van der Waals surface area (Å²) >= 11 is 0. The SMILES string of the molecule is Cc1ccc(S(=O)(=O)N2C=CNC(=O)C2CC(=O)N[C@@H]2CCCc3cc(CNC4CC4)ccc32)cc1. The lowest BCUT2D eigenvalue weighted by atomic mass is 9.86. The van der Waals surface area contributed by atoms with Crippen LogP contribution in [0, 0.1) is 6.92 Å². The van der Waals surface area contributed by atoms with Gasteiger partial charge in [-0.2, -0.15) is 0 Å². The van der Waals surface area contributed by atoms with Gasteiger partial charge in [0, 0.05) is 25.0 Å². The average molecular weight is 509 g/mol. The van der Waals surface area contributed by atoms with Gasteiger partial charge in [-0.05, 0) is 67.9 Å². The van der Waals surface area contributed by atoms with Gasteiger partial charge in [0.1, 0.15) is 6.04 Å². The second kappa shape index (κ2) is 10.1. The Morgan fingerprint density at radius 2 is 1.89 bits per heavy atom. The third-order valence-electron chi connectivity index (χ3n) is 7.06. The summed E-state index contributed by atoms with van der Waals surface area (Å²) in [6.45, 7) is 2.72. The summed E-state index contributed by atoms with van der Waals surface area (Å²) in [5.74, 6) is -0.882. The molecule has 0 spiro atoms. The monoisotopic (exact) mass is 508 g/mol. The van der Waals surface area contributed by atoms with Crippen LogP contribution in [0.25, 0.3) is 0 Å². The number of hydrogen-bond acceptors (Lipinski definition) is 5. The molecule has 0 saturated heterocycles. The number of fused-ring (bicyclic) bond motifs is 1. The van der Waals surface area contributed by atoms with Gasteiger partial charge in [0.2, 0.25) is 11.8 Å². The van der Waals surface area contributed by atoms with Crippen LogP contribution in [0.15, 0.2) is 59.8 Å². The fraction of sp³-hybridized carbons (Fsp3) is 0.407. The van der Waals surface area contributed by atoms with Crippen molar-refractivity contribution in [2.75, 3.05) is 0 Å². The van der Waals surface area contributed by atoms with E-state index in [1.807, 2.05) is 6.92 Å². The average Bonchev–Trinajstić information content (AvgIpc) is 3.69. The van der Waals surface area contributed by atoms with E-state index in [1.165, 1.54) is 48.5 Å². The van der Waals surface area contributed by atoms with Crippen molar-refractivity contribution < 1.29 is 18.0 Å². The van der Waals surface area contributed by atoms with E-state index in [2.05, 4.69) is 34.1 Å². The maximum Gasteiger partial charge on any atom is 0.264 e. The minimum atomic E-state index is -4.00. The molecular formula is C27H32N4O4S. The summed E-state index contributed by atoms with van der Waals surface area (Å²) in [4.78, 5) is 25.8. The molecule has 2 amide bonds. The third kappa shape index (κ3) is 5.32. The number of aryl methyl sites for hydroxylation is 2. The van der Waals surface area contributed by atoms with E-state index in [-0.39, 0.29) is 23.3 Å². The minimum Gasteiger partial charge on any atom is -0.349 e. The molecule has 0 aromatic heterocycles. The molecule has 1 unspecified atom stereocenters. The first kappa shape index (κ1) is 24.5. The lowest BCUT2D eigenvalue weighted by molar-refractivity contribution is -0.129. The molecule has 1 saturated carbocycles. The van der Waals surface area contributed by atoms with Crippen LogP contribution < -0.4 is 16.0 Å². The highest BCUT2D eigenvalue weighted by atomic mass is 32.2. The van der Waals surface area contributed by atoms with Crippen LogP contribution in [0.3, 0.4) is 0 Å². The van der Waals surface area contributed by atoms with Crippen LogP contribution in [0.1, 0.15) is 60.4 Å². The van der Waals surface area contributed by atoms with Gasteiger partial charge in [-0.3, -0.25) is 13.9 Å². The first-order valence-electron chi connectivity index (χ1n) is 12.5. The molecule has 3 N–H and O–H groups in total. The van der Waals surface area contributed by atoms with Crippen molar-refractivity contribution in [2.24, 2.45) is 0 Å². The molecule has 1 heterocycles. The van der Waals surface area contributed by atoms with Crippen LogP contribution in [0.2, 0.25) is 0 Å². The Bertz CT molecular complexity index is 1290. The lowest BCUT2D eigenvalue weighted by Crippen LogP contribution is -2.51. The van der Waals surface area contributed by atoms with Crippen LogP contribution in [0.5, 0.6) is 0 Å². The van der Waals surface area contributed by atoms with Crippen LogP contribution >= 0.6 is 0 Å². The molecule has 190 valence electrons. The Balaban J connectivity index is 1.29. The molecule has 1 aliphatic heterocycles. The van der Waals surface area contributed by atoms with Crippen LogP contribution in [0.4, 0.5) is 0 Å². The first-order chi connectivity index (χ1) is 17.3. The molecule has 2 atom stereocenters. The molecule has 2 aromatic rings. The van der Waals surface area contributed by atoms with Gasteiger partial charge in [0.25, 0.3) is 10.0 Å². The Morgan fingerprint density at radius 3 is 2.64 bits per heavy atom. The smallest absolute Gasteiger partial charge is 0.264 e. The molecule has 8 nitrogen and oxygen atoms in total. The summed E-state index contributed by atoms with van der Waals surface area (Å²) in [5, 5.41) is 9.14. The van der Waals surface area contributed by atoms with Crippen molar-refractivity contribution in [3.05, 3.63) is 77.1 Å². The van der Waals surface area contributed by atoms with E-state index in [1.54, 1.807) is 12.1 Å². The molecule has 2 aromatic carbocycles. The van der Waals surface area contributed by atoms with Crippen molar-refractivity contribution in [3.63, 3.8) is 0 Å². The van der Waals surface area contributed by atoms with Crippen molar-refractivity contribution in [1.29, 1.82) is 0 Å². The zero-order valence-electron chi connectivity index (χ0n) is 20.4. The maximum atomic E-state index is 13.3. The van der Waals surface area contributed by atoms with E-state index in [4.69, 9.17) is 0 Å². The number of nitrogens with one attached hydrogen (secondary N) is 3. The van der Waals surface area contributed by atoms with Crippen molar-refractivity contribution in [1.82, 2.24) is 20.3 Å². The largest absolute Gasteiger partial charge is 0.349 e. The fourth-order valence-corrected chi connectivity index (χ4v) is 6.33. The normalized spacial score (nSPS) is 21.6. The van der Waals surface area contributed by atoms with Gasteiger partial charge in [-0.15, -0.1) is 0 Å². The van der Waals surface area contributed by atoms with E-state index >= 15 is 0 Å². The molecule has 2 aliphatic carbocycles. The second-order valence-corrected chi connectivity index (χ2v) is 11.7. The zero-order chi connectivity index (χ0) is 25.3. The summed E-state index contributed by atoms with van der Waals surface area (Å²) < 4.78 is 27.5. The number of hydrogen-bond donors (Lipinski definition) is 3. The van der Waals surface area contributed by atoms with Gasteiger partial charge in [-0.1, -0.05) is 35.9 Å². The molecule has 1 fully saturated rings. The van der Waals surface area contributed by atoms with E-state index in [0.29, 0.717) is 6.04 Å². The Hall–Kier alpha value is -3.17. The standard InChI is InChI=1S/C27H32N4O4S/c1-18-5-10-22(11-6-18)36(34,35)31-14-13-28-27(33)25(31)16-26(32)30-24-4-2-3-20-15-19(7-12-23(20)24)17-29-21-8-9-21/h5-7,10-15,21,24-25,29H,2-4,8-9,16-17H2,1H3,(H,28,33)(H,30,32)/t24-,25?/m1/s1. The highest BCUT2D eigenvalue weighted by Crippen LogP contribution is 2.31. The number of carbonyl (C=O) groups is 2. The zero-order valence-corrected chi connectivity index (χ0v) is 21.2. The molecule has 9 heteroatoms. The number of nitrogens with zero attached hydrogens (tertiary/aromatic N) is 1. The van der Waals surface area contributed by atoms with Gasteiger partial charge in [0.05, 0.1) is 17.4 Å². The van der Waals surface area contributed by atoms with E-state index < -0.39 is 22.0 Å². The maximum absolute atomic E-state index is 13.3. The van der Waals surface area contributed by atoms with Gasteiger partial charge in [-0.25, -0.2) is 8.42 Å². The number of rotatable bonds is 8.